The third-order valence-corrected chi connectivity index (χ3v) is 3.11. The maximum atomic E-state index is 12.5. The minimum atomic E-state index is -4.24. The van der Waals surface area contributed by atoms with Gasteiger partial charge in [0.25, 0.3) is 0 Å². The highest BCUT2D eigenvalue weighted by Gasteiger charge is 2.31. The molecule has 0 aliphatic carbocycles. The molecule has 1 heterocycles. The van der Waals surface area contributed by atoms with Gasteiger partial charge in [-0.05, 0) is 35.6 Å². The lowest BCUT2D eigenvalue weighted by Gasteiger charge is -2.26. The van der Waals surface area contributed by atoms with Gasteiger partial charge in [0.05, 0.1) is 5.56 Å². The molecule has 1 aliphatic rings. The van der Waals surface area contributed by atoms with Crippen LogP contribution in [-0.2, 0) is 12.7 Å². The molecule has 1 N–H and O–H groups in total. The van der Waals surface area contributed by atoms with Gasteiger partial charge in [0.1, 0.15) is 0 Å². The molecule has 0 aromatic heterocycles. The molecule has 1 atom stereocenters. The molecule has 4 heteroatoms. The normalized spacial score (nSPS) is 20.6. The Hall–Kier alpha value is -1.03. The minimum Gasteiger partial charge on any atom is -0.312 e. The van der Waals surface area contributed by atoms with Gasteiger partial charge in [-0.2, -0.15) is 13.2 Å². The molecule has 0 amide bonds. The molecule has 16 heavy (non-hydrogen) atoms. The first-order valence-corrected chi connectivity index (χ1v) is 5.43. The van der Waals surface area contributed by atoms with Crippen molar-refractivity contribution in [3.05, 3.63) is 34.9 Å². The van der Waals surface area contributed by atoms with Gasteiger partial charge < -0.3 is 5.32 Å². The summed E-state index contributed by atoms with van der Waals surface area (Å²) in [5.74, 6) is 0.339. The molecule has 0 saturated carbocycles. The van der Waals surface area contributed by atoms with Crippen molar-refractivity contribution in [2.24, 2.45) is 0 Å². The van der Waals surface area contributed by atoms with E-state index in [0.29, 0.717) is 12.5 Å². The van der Waals surface area contributed by atoms with Crippen molar-refractivity contribution in [1.82, 2.24) is 5.32 Å². The van der Waals surface area contributed by atoms with Gasteiger partial charge in [-0.25, -0.2) is 0 Å². The summed E-state index contributed by atoms with van der Waals surface area (Å²) in [7, 11) is 0. The maximum absolute atomic E-state index is 12.5. The number of hydrogen-bond acceptors (Lipinski definition) is 1. The summed E-state index contributed by atoms with van der Waals surface area (Å²) in [6.07, 6.45) is -3.29. The smallest absolute Gasteiger partial charge is 0.312 e. The van der Waals surface area contributed by atoms with Crippen molar-refractivity contribution in [3.63, 3.8) is 0 Å². The number of alkyl halides is 3. The fourth-order valence-electron chi connectivity index (χ4n) is 2.19. The molecule has 1 aromatic rings. The second kappa shape index (κ2) is 4.09. The van der Waals surface area contributed by atoms with Crippen LogP contribution < -0.4 is 5.32 Å². The molecule has 1 unspecified atom stereocenters. The van der Waals surface area contributed by atoms with E-state index in [1.807, 2.05) is 0 Å². The zero-order valence-electron chi connectivity index (χ0n) is 9.06. The highest BCUT2D eigenvalue weighted by atomic mass is 19.4. The SMILES string of the molecule is CCC1CNCc2cc(C(F)(F)F)ccc21. The quantitative estimate of drug-likeness (QED) is 0.779. The Morgan fingerprint density at radius 2 is 2.12 bits per heavy atom. The summed E-state index contributed by atoms with van der Waals surface area (Å²) in [5.41, 5.74) is 1.30. The molecule has 2 rings (SSSR count). The van der Waals surface area contributed by atoms with E-state index in [2.05, 4.69) is 12.2 Å². The van der Waals surface area contributed by atoms with Crippen LogP contribution in [0.15, 0.2) is 18.2 Å². The number of hydrogen-bond donors (Lipinski definition) is 1. The molecular formula is C12H14F3N. The maximum Gasteiger partial charge on any atom is 0.416 e. The highest BCUT2D eigenvalue weighted by Crippen LogP contribution is 2.34. The first-order chi connectivity index (χ1) is 7.52. The number of halogens is 3. The predicted molar refractivity (Wildman–Crippen MR) is 56.2 cm³/mol. The minimum absolute atomic E-state index is 0.339. The number of rotatable bonds is 1. The van der Waals surface area contributed by atoms with Gasteiger partial charge in [0, 0.05) is 13.1 Å². The molecule has 0 saturated heterocycles. The van der Waals surface area contributed by atoms with Crippen LogP contribution in [0.1, 0.15) is 36.0 Å². The average molecular weight is 229 g/mol. The van der Waals surface area contributed by atoms with Crippen LogP contribution in [-0.4, -0.2) is 6.54 Å². The third kappa shape index (κ3) is 2.07. The number of nitrogens with one attached hydrogen (secondary N) is 1. The topological polar surface area (TPSA) is 12.0 Å². The van der Waals surface area contributed by atoms with Crippen LogP contribution in [0.25, 0.3) is 0 Å². The van der Waals surface area contributed by atoms with Gasteiger partial charge in [0.15, 0.2) is 0 Å². The van der Waals surface area contributed by atoms with Crippen LogP contribution in [0.2, 0.25) is 0 Å². The third-order valence-electron chi connectivity index (χ3n) is 3.11. The van der Waals surface area contributed by atoms with Crippen molar-refractivity contribution in [2.75, 3.05) is 6.54 Å². The Balaban J connectivity index is 2.39. The second-order valence-corrected chi connectivity index (χ2v) is 4.15. The first-order valence-electron chi connectivity index (χ1n) is 5.43. The van der Waals surface area contributed by atoms with Gasteiger partial charge in [-0.1, -0.05) is 13.0 Å². The van der Waals surface area contributed by atoms with Gasteiger partial charge in [-0.3, -0.25) is 0 Å². The Bertz CT molecular complexity index is 384. The molecule has 0 bridgehead atoms. The summed E-state index contributed by atoms with van der Waals surface area (Å²) in [6.45, 7) is 3.45. The molecule has 88 valence electrons. The summed E-state index contributed by atoms with van der Waals surface area (Å²) >= 11 is 0. The van der Waals surface area contributed by atoms with E-state index in [-0.39, 0.29) is 0 Å². The predicted octanol–water partition coefficient (Wildman–Crippen LogP) is 3.30. The van der Waals surface area contributed by atoms with Gasteiger partial charge in [-0.15, -0.1) is 0 Å². The van der Waals surface area contributed by atoms with Crippen molar-refractivity contribution in [1.29, 1.82) is 0 Å². The molecule has 0 radical (unpaired) electrons. The largest absolute Gasteiger partial charge is 0.416 e. The van der Waals surface area contributed by atoms with Crippen molar-refractivity contribution >= 4 is 0 Å². The lowest BCUT2D eigenvalue weighted by atomic mass is 9.88. The van der Waals surface area contributed by atoms with E-state index in [0.717, 1.165) is 24.1 Å². The highest BCUT2D eigenvalue weighted by molar-refractivity contribution is 5.37. The average Bonchev–Trinajstić information content (AvgIpc) is 2.26. The number of fused-ring (bicyclic) bond motifs is 1. The Morgan fingerprint density at radius 3 is 2.75 bits per heavy atom. The van der Waals surface area contributed by atoms with Crippen LogP contribution in [0, 0.1) is 0 Å². The molecule has 0 fully saturated rings. The van der Waals surface area contributed by atoms with Crippen LogP contribution in [0.5, 0.6) is 0 Å². The molecule has 1 nitrogen and oxygen atoms in total. The Kier molecular flexibility index (Phi) is 2.93. The van der Waals surface area contributed by atoms with E-state index in [9.17, 15) is 13.2 Å². The van der Waals surface area contributed by atoms with Crippen molar-refractivity contribution in [2.45, 2.75) is 32.0 Å². The van der Waals surface area contributed by atoms with Crippen molar-refractivity contribution in [3.8, 4) is 0 Å². The van der Waals surface area contributed by atoms with E-state index in [4.69, 9.17) is 0 Å². The fourth-order valence-corrected chi connectivity index (χ4v) is 2.19. The van der Waals surface area contributed by atoms with E-state index in [1.54, 1.807) is 6.07 Å². The fraction of sp³-hybridized carbons (Fsp3) is 0.500. The second-order valence-electron chi connectivity index (χ2n) is 4.15. The van der Waals surface area contributed by atoms with Crippen LogP contribution in [0.3, 0.4) is 0 Å². The Morgan fingerprint density at radius 1 is 1.38 bits per heavy atom. The standard InChI is InChI=1S/C12H14F3N/c1-2-8-6-16-7-9-5-10(12(13,14)15)3-4-11(8)9/h3-5,8,16H,2,6-7H2,1H3. The lowest BCUT2D eigenvalue weighted by Crippen LogP contribution is -2.28. The summed E-state index contributed by atoms with van der Waals surface area (Å²) in [5, 5.41) is 3.15. The zero-order valence-corrected chi connectivity index (χ0v) is 9.06. The van der Waals surface area contributed by atoms with E-state index in [1.165, 1.54) is 12.1 Å². The summed E-state index contributed by atoms with van der Waals surface area (Å²) in [4.78, 5) is 0. The monoisotopic (exact) mass is 229 g/mol. The van der Waals surface area contributed by atoms with Crippen molar-refractivity contribution < 1.29 is 13.2 Å². The van der Waals surface area contributed by atoms with Gasteiger partial charge >= 0.3 is 6.18 Å². The van der Waals surface area contributed by atoms with Gasteiger partial charge in [0.2, 0.25) is 0 Å². The van der Waals surface area contributed by atoms with E-state index < -0.39 is 11.7 Å². The van der Waals surface area contributed by atoms with Crippen LogP contribution in [0.4, 0.5) is 13.2 Å². The van der Waals surface area contributed by atoms with E-state index >= 15 is 0 Å². The van der Waals surface area contributed by atoms with Crippen LogP contribution >= 0.6 is 0 Å². The molecule has 1 aliphatic heterocycles. The summed E-state index contributed by atoms with van der Waals surface area (Å²) in [6, 6.07) is 4.09. The summed E-state index contributed by atoms with van der Waals surface area (Å²) < 4.78 is 37.5. The zero-order chi connectivity index (χ0) is 11.8. The first kappa shape index (κ1) is 11.5. The lowest BCUT2D eigenvalue weighted by molar-refractivity contribution is -0.137. The molecule has 0 spiro atoms. The molecule has 1 aromatic carbocycles. The Labute approximate surface area is 92.7 Å². The molecular weight excluding hydrogens is 215 g/mol. The number of benzene rings is 1.